The van der Waals surface area contributed by atoms with E-state index in [4.69, 9.17) is 4.74 Å². The van der Waals surface area contributed by atoms with Crippen molar-refractivity contribution in [1.82, 2.24) is 4.57 Å². The van der Waals surface area contributed by atoms with Crippen molar-refractivity contribution in [2.24, 2.45) is 0 Å². The van der Waals surface area contributed by atoms with Crippen LogP contribution in [-0.4, -0.2) is 18.3 Å². The van der Waals surface area contributed by atoms with Crippen LogP contribution in [0.1, 0.15) is 6.42 Å². The van der Waals surface area contributed by atoms with Gasteiger partial charge in [0.15, 0.2) is 0 Å². The summed E-state index contributed by atoms with van der Waals surface area (Å²) in [6.45, 7) is 1.47. The summed E-state index contributed by atoms with van der Waals surface area (Å²) in [5.74, 6) is 0. The highest BCUT2D eigenvalue weighted by Crippen LogP contribution is 1.91. The second kappa shape index (κ2) is 4.31. The summed E-state index contributed by atoms with van der Waals surface area (Å²) in [5.41, 5.74) is 0. The van der Waals surface area contributed by atoms with Gasteiger partial charge in [0.25, 0.3) is 0 Å². The maximum Gasteiger partial charge on any atom is 0.307 e. The van der Waals surface area contributed by atoms with Crippen molar-refractivity contribution < 1.29 is 4.74 Å². The van der Waals surface area contributed by atoms with Crippen LogP contribution in [0, 0.1) is 0 Å². The number of methoxy groups -OCH3 is 1. The Hall–Kier alpha value is -0.610. The van der Waals surface area contributed by atoms with Crippen molar-refractivity contribution in [2.45, 2.75) is 13.0 Å². The predicted octanol–water partition coefficient (Wildman–Crippen LogP) is 0.946. The van der Waals surface area contributed by atoms with Crippen molar-refractivity contribution in [3.63, 3.8) is 0 Å². The van der Waals surface area contributed by atoms with Crippen LogP contribution in [0.2, 0.25) is 0 Å². The molecule has 0 aromatic carbocycles. The zero-order valence-electron chi connectivity index (χ0n) is 6.45. The molecule has 0 atom stereocenters. The molecule has 0 N–H and O–H groups in total. The first-order chi connectivity index (χ1) is 5.34. The van der Waals surface area contributed by atoms with E-state index in [2.05, 4.69) is 0 Å². The molecule has 0 amide bonds. The van der Waals surface area contributed by atoms with Crippen LogP contribution < -0.4 is 4.87 Å². The molecule has 1 rings (SSSR count). The van der Waals surface area contributed by atoms with E-state index in [1.807, 2.05) is 6.20 Å². The first-order valence-electron chi connectivity index (χ1n) is 3.47. The first kappa shape index (κ1) is 8.49. The molecule has 0 unspecified atom stereocenters. The van der Waals surface area contributed by atoms with Gasteiger partial charge in [0.2, 0.25) is 0 Å². The predicted molar refractivity (Wildman–Crippen MR) is 45.1 cm³/mol. The van der Waals surface area contributed by atoms with Crippen LogP contribution in [-0.2, 0) is 11.3 Å². The molecule has 4 heteroatoms. The molecule has 62 valence electrons. The topological polar surface area (TPSA) is 31.2 Å². The normalized spacial score (nSPS) is 10.3. The maximum absolute atomic E-state index is 11.0. The van der Waals surface area contributed by atoms with Crippen molar-refractivity contribution in [2.75, 3.05) is 13.7 Å². The molecule has 0 bridgehead atoms. The van der Waals surface area contributed by atoms with Gasteiger partial charge >= 0.3 is 4.87 Å². The third kappa shape index (κ3) is 2.48. The fourth-order valence-corrected chi connectivity index (χ4v) is 1.45. The molecule has 0 fully saturated rings. The standard InChI is InChI=1S/C7H11NO2S/c1-10-5-2-3-8-4-6-11-7(8)9/h4,6H,2-3,5H2,1H3. The highest BCUT2D eigenvalue weighted by Gasteiger charge is 1.94. The van der Waals surface area contributed by atoms with Gasteiger partial charge in [-0.25, -0.2) is 0 Å². The second-order valence-corrected chi connectivity index (χ2v) is 3.07. The van der Waals surface area contributed by atoms with Crippen LogP contribution in [0.4, 0.5) is 0 Å². The van der Waals surface area contributed by atoms with Crippen LogP contribution in [0.3, 0.4) is 0 Å². The number of rotatable bonds is 4. The molecule has 3 nitrogen and oxygen atoms in total. The Morgan fingerprint density at radius 1 is 1.73 bits per heavy atom. The Balaban J connectivity index is 2.39. The van der Waals surface area contributed by atoms with Gasteiger partial charge in [-0.1, -0.05) is 11.3 Å². The van der Waals surface area contributed by atoms with Gasteiger partial charge in [-0.05, 0) is 6.42 Å². The van der Waals surface area contributed by atoms with E-state index >= 15 is 0 Å². The lowest BCUT2D eigenvalue weighted by atomic mass is 10.4. The van der Waals surface area contributed by atoms with E-state index in [9.17, 15) is 4.79 Å². The second-order valence-electron chi connectivity index (χ2n) is 2.21. The van der Waals surface area contributed by atoms with Crippen LogP contribution in [0.15, 0.2) is 16.4 Å². The molecule has 0 radical (unpaired) electrons. The number of ether oxygens (including phenoxy) is 1. The van der Waals surface area contributed by atoms with Gasteiger partial charge in [-0.2, -0.15) is 0 Å². The molecule has 1 aromatic rings. The van der Waals surface area contributed by atoms with E-state index in [1.165, 1.54) is 11.3 Å². The monoisotopic (exact) mass is 173 g/mol. The summed E-state index contributed by atoms with van der Waals surface area (Å²) in [6.07, 6.45) is 2.70. The molecule has 0 aliphatic rings. The smallest absolute Gasteiger partial charge is 0.307 e. The summed E-state index contributed by atoms with van der Waals surface area (Å²) in [6, 6.07) is 0. The Morgan fingerprint density at radius 3 is 3.09 bits per heavy atom. The largest absolute Gasteiger partial charge is 0.385 e. The van der Waals surface area contributed by atoms with E-state index in [0.29, 0.717) is 6.61 Å². The molecule has 0 aliphatic carbocycles. The highest BCUT2D eigenvalue weighted by molar-refractivity contribution is 7.07. The van der Waals surface area contributed by atoms with Gasteiger partial charge in [-0.15, -0.1) is 0 Å². The van der Waals surface area contributed by atoms with E-state index in [0.717, 1.165) is 13.0 Å². The molecular formula is C7H11NO2S. The number of aryl methyl sites for hydroxylation is 1. The van der Waals surface area contributed by atoms with Crippen molar-refractivity contribution in [3.05, 3.63) is 21.2 Å². The fourth-order valence-electron chi connectivity index (χ4n) is 0.836. The Morgan fingerprint density at radius 2 is 2.55 bits per heavy atom. The van der Waals surface area contributed by atoms with Crippen molar-refractivity contribution >= 4 is 11.3 Å². The van der Waals surface area contributed by atoms with Gasteiger partial charge in [0.1, 0.15) is 0 Å². The third-order valence-electron chi connectivity index (χ3n) is 1.39. The number of hydrogen-bond donors (Lipinski definition) is 0. The number of thiazole rings is 1. The van der Waals surface area contributed by atoms with Crippen LogP contribution >= 0.6 is 11.3 Å². The molecule has 0 spiro atoms. The van der Waals surface area contributed by atoms with Gasteiger partial charge in [0, 0.05) is 31.8 Å². The summed E-state index contributed by atoms with van der Waals surface area (Å²) in [5, 5.41) is 1.80. The van der Waals surface area contributed by atoms with E-state index in [1.54, 1.807) is 17.1 Å². The van der Waals surface area contributed by atoms with Crippen molar-refractivity contribution in [1.29, 1.82) is 0 Å². The lowest BCUT2D eigenvalue weighted by Crippen LogP contribution is -2.12. The lowest BCUT2D eigenvalue weighted by molar-refractivity contribution is 0.190. The number of aromatic nitrogens is 1. The summed E-state index contributed by atoms with van der Waals surface area (Å²) >= 11 is 1.23. The zero-order valence-corrected chi connectivity index (χ0v) is 7.26. The Kier molecular flexibility index (Phi) is 3.32. The van der Waals surface area contributed by atoms with Crippen molar-refractivity contribution in [3.8, 4) is 0 Å². The number of nitrogens with zero attached hydrogens (tertiary/aromatic N) is 1. The van der Waals surface area contributed by atoms with Crippen LogP contribution in [0.25, 0.3) is 0 Å². The lowest BCUT2D eigenvalue weighted by Gasteiger charge is -1.98. The minimum atomic E-state index is 0.112. The molecule has 0 saturated heterocycles. The highest BCUT2D eigenvalue weighted by atomic mass is 32.1. The molecule has 0 aliphatic heterocycles. The molecular weight excluding hydrogens is 162 g/mol. The van der Waals surface area contributed by atoms with Gasteiger partial charge in [0.05, 0.1) is 0 Å². The van der Waals surface area contributed by atoms with E-state index < -0.39 is 0 Å². The molecule has 1 heterocycles. The number of hydrogen-bond acceptors (Lipinski definition) is 3. The summed E-state index contributed by atoms with van der Waals surface area (Å²) in [7, 11) is 1.66. The minimum absolute atomic E-state index is 0.112. The quantitative estimate of drug-likeness (QED) is 0.635. The van der Waals surface area contributed by atoms with Gasteiger partial charge < -0.3 is 9.30 Å². The summed E-state index contributed by atoms with van der Waals surface area (Å²) < 4.78 is 6.57. The van der Waals surface area contributed by atoms with E-state index in [-0.39, 0.29) is 4.87 Å². The van der Waals surface area contributed by atoms with Gasteiger partial charge in [-0.3, -0.25) is 4.79 Å². The SMILES string of the molecule is COCCCn1ccsc1=O. The maximum atomic E-state index is 11.0. The van der Waals surface area contributed by atoms with Crippen LogP contribution in [0.5, 0.6) is 0 Å². The average molecular weight is 173 g/mol. The third-order valence-corrected chi connectivity index (χ3v) is 2.09. The summed E-state index contributed by atoms with van der Waals surface area (Å²) in [4.78, 5) is 11.1. The molecule has 0 saturated carbocycles. The first-order valence-corrected chi connectivity index (χ1v) is 4.35. The average Bonchev–Trinajstić information content (AvgIpc) is 2.37. The minimum Gasteiger partial charge on any atom is -0.385 e. The zero-order chi connectivity index (χ0) is 8.10. The Labute approximate surface area is 69.2 Å². The molecule has 11 heavy (non-hydrogen) atoms. The Bertz CT molecular complexity index is 253. The fraction of sp³-hybridized carbons (Fsp3) is 0.571. The molecule has 1 aromatic heterocycles.